The molecule has 2 aromatic heterocycles. The van der Waals surface area contributed by atoms with Gasteiger partial charge in [-0.3, -0.25) is 9.36 Å². The maximum atomic E-state index is 12.6. The normalized spacial score (nSPS) is 12.1. The molecule has 0 saturated carbocycles. The van der Waals surface area contributed by atoms with Crippen LogP contribution in [0.25, 0.3) is 22.0 Å². The number of aliphatic imine (C=N–C) groups is 1. The van der Waals surface area contributed by atoms with Gasteiger partial charge in [-0.1, -0.05) is 23.7 Å². The Morgan fingerprint density at radius 1 is 1.08 bits per heavy atom. The average Bonchev–Trinajstić information content (AvgIpc) is 3.39. The van der Waals surface area contributed by atoms with E-state index in [1.54, 1.807) is 43.3 Å². The summed E-state index contributed by atoms with van der Waals surface area (Å²) in [5.41, 5.74) is 4.66. The predicted molar refractivity (Wildman–Crippen MR) is 155 cm³/mol. The Kier molecular flexibility index (Phi) is 7.03. The lowest BCUT2D eigenvalue weighted by atomic mass is 10.0. The first-order valence-corrected chi connectivity index (χ1v) is 12.7. The van der Waals surface area contributed by atoms with Gasteiger partial charge in [-0.2, -0.15) is 0 Å². The van der Waals surface area contributed by atoms with E-state index in [1.165, 1.54) is 4.57 Å². The Morgan fingerprint density at radius 2 is 1.82 bits per heavy atom. The summed E-state index contributed by atoms with van der Waals surface area (Å²) in [6.07, 6.45) is 0.412. The monoisotopic (exact) mass is 545 g/mol. The van der Waals surface area contributed by atoms with Gasteiger partial charge < -0.3 is 24.3 Å². The van der Waals surface area contributed by atoms with Crippen LogP contribution < -0.4 is 10.7 Å². The average molecular weight is 546 g/mol. The van der Waals surface area contributed by atoms with Crippen LogP contribution in [0.2, 0.25) is 5.02 Å². The molecule has 0 aliphatic carbocycles. The first-order valence-electron chi connectivity index (χ1n) is 12.3. The van der Waals surface area contributed by atoms with Crippen LogP contribution >= 0.6 is 11.6 Å². The fourth-order valence-electron chi connectivity index (χ4n) is 4.45. The van der Waals surface area contributed by atoms with Crippen molar-refractivity contribution in [2.75, 3.05) is 32.6 Å². The summed E-state index contributed by atoms with van der Waals surface area (Å²) in [5, 5.41) is 12.2. The maximum Gasteiger partial charge on any atom is 0.419 e. The lowest BCUT2D eigenvalue weighted by Crippen LogP contribution is -2.29. The molecular formula is C29H28ClN5O4. The van der Waals surface area contributed by atoms with Crippen molar-refractivity contribution in [1.29, 1.82) is 0 Å². The van der Waals surface area contributed by atoms with E-state index in [0.29, 0.717) is 57.1 Å². The number of carbonyl (C=O) groups is 1. The second kappa shape index (κ2) is 10.4. The van der Waals surface area contributed by atoms with Crippen molar-refractivity contribution in [3.05, 3.63) is 87.4 Å². The fourth-order valence-corrected chi connectivity index (χ4v) is 4.62. The lowest BCUT2D eigenvalue weighted by molar-refractivity contribution is -0.118. The molecule has 10 heteroatoms. The van der Waals surface area contributed by atoms with Crippen LogP contribution in [0, 0.1) is 0 Å². The summed E-state index contributed by atoms with van der Waals surface area (Å²) in [4.78, 5) is 36.1. The number of fused-ring (bicyclic) bond motifs is 2. The van der Waals surface area contributed by atoms with E-state index in [4.69, 9.17) is 21.0 Å². The summed E-state index contributed by atoms with van der Waals surface area (Å²) in [7, 11) is 7.25. The number of H-pyrrole nitrogens is 1. The number of nitrogens with zero attached hydrogens (tertiary/aromatic N) is 4. The van der Waals surface area contributed by atoms with E-state index in [9.17, 15) is 14.7 Å². The van der Waals surface area contributed by atoms with Crippen molar-refractivity contribution in [3.8, 4) is 5.88 Å². The van der Waals surface area contributed by atoms with E-state index in [-0.39, 0.29) is 11.8 Å². The molecule has 2 N–H and O–H groups in total. The molecule has 0 bridgehead atoms. The van der Waals surface area contributed by atoms with Gasteiger partial charge in [-0.15, -0.1) is 0 Å². The van der Waals surface area contributed by atoms with Gasteiger partial charge in [0.25, 0.3) is 0 Å². The number of amides is 1. The Bertz CT molecular complexity index is 1780. The summed E-state index contributed by atoms with van der Waals surface area (Å²) < 4.78 is 6.84. The molecule has 0 spiro atoms. The van der Waals surface area contributed by atoms with Crippen molar-refractivity contribution in [3.63, 3.8) is 0 Å². The highest BCUT2D eigenvalue weighted by Gasteiger charge is 2.20. The Balaban J connectivity index is 1.60. The summed E-state index contributed by atoms with van der Waals surface area (Å²) in [5.74, 6) is -0.519. The molecule has 1 amide bonds. The maximum absolute atomic E-state index is 12.6. The topological polar surface area (TPSA) is 107 Å². The van der Waals surface area contributed by atoms with Crippen LogP contribution in [-0.2, 0) is 11.8 Å². The molecule has 39 heavy (non-hydrogen) atoms. The van der Waals surface area contributed by atoms with Crippen molar-refractivity contribution in [2.45, 2.75) is 6.42 Å². The van der Waals surface area contributed by atoms with Crippen LogP contribution in [0.5, 0.6) is 5.88 Å². The third-order valence-electron chi connectivity index (χ3n) is 6.67. The van der Waals surface area contributed by atoms with Gasteiger partial charge in [0.05, 0.1) is 28.0 Å². The smallest absolute Gasteiger partial charge is 0.419 e. The third kappa shape index (κ3) is 5.19. The second-order valence-corrected chi connectivity index (χ2v) is 10.1. The number of hydrogen-bond acceptors (Lipinski definition) is 6. The minimum atomic E-state index is -0.468. The SMILES string of the molecule is CN(C)CCC(=O)N(C)c1ccc(N=C(c2ccc3c(c2)oc(=O)n3C)c2c(O)[nH]c3cc(Cl)ccc23)cc1. The molecule has 2 heterocycles. The number of nitrogens with one attached hydrogen (secondary N) is 1. The first-order chi connectivity index (χ1) is 18.6. The molecule has 9 nitrogen and oxygen atoms in total. The van der Waals surface area contributed by atoms with Crippen LogP contribution in [0.15, 0.2) is 74.9 Å². The van der Waals surface area contributed by atoms with Crippen LogP contribution in [0.1, 0.15) is 17.5 Å². The Labute approximate surface area is 229 Å². The molecule has 5 aromatic rings. The number of anilines is 1. The molecule has 0 aliphatic heterocycles. The number of oxazole rings is 1. The highest BCUT2D eigenvalue weighted by Crippen LogP contribution is 2.34. The largest absolute Gasteiger partial charge is 0.494 e. The number of aromatic amines is 1. The number of carbonyl (C=O) groups excluding carboxylic acids is 1. The number of halogens is 1. The molecule has 0 fully saturated rings. The van der Waals surface area contributed by atoms with Gasteiger partial charge in [0.15, 0.2) is 11.5 Å². The van der Waals surface area contributed by atoms with Crippen molar-refractivity contribution < 1.29 is 14.3 Å². The number of aromatic nitrogens is 2. The third-order valence-corrected chi connectivity index (χ3v) is 6.90. The van der Waals surface area contributed by atoms with E-state index in [1.807, 2.05) is 55.4 Å². The minimum absolute atomic E-state index is 0.0145. The van der Waals surface area contributed by atoms with E-state index >= 15 is 0 Å². The van der Waals surface area contributed by atoms with Gasteiger partial charge in [0, 0.05) is 48.7 Å². The zero-order valence-corrected chi connectivity index (χ0v) is 22.8. The van der Waals surface area contributed by atoms with E-state index in [0.717, 1.165) is 11.1 Å². The molecule has 5 rings (SSSR count). The summed E-state index contributed by atoms with van der Waals surface area (Å²) >= 11 is 6.18. The van der Waals surface area contributed by atoms with Gasteiger partial charge >= 0.3 is 5.76 Å². The lowest BCUT2D eigenvalue weighted by Gasteiger charge is -2.19. The summed E-state index contributed by atoms with van der Waals surface area (Å²) in [6, 6.07) is 17.9. The van der Waals surface area contributed by atoms with Crippen LogP contribution in [0.4, 0.5) is 11.4 Å². The molecule has 0 aliphatic rings. The number of benzene rings is 3. The molecule has 0 saturated heterocycles. The number of aryl methyl sites for hydroxylation is 1. The van der Waals surface area contributed by atoms with Gasteiger partial charge in [0.1, 0.15) is 0 Å². The molecule has 200 valence electrons. The van der Waals surface area contributed by atoms with Crippen LogP contribution in [-0.4, -0.2) is 58.9 Å². The zero-order valence-electron chi connectivity index (χ0n) is 22.0. The molecular weight excluding hydrogens is 518 g/mol. The zero-order chi connectivity index (χ0) is 27.8. The molecule has 3 aromatic carbocycles. The molecule has 0 radical (unpaired) electrons. The highest BCUT2D eigenvalue weighted by molar-refractivity contribution is 6.31. The number of hydrogen-bond donors (Lipinski definition) is 2. The first kappa shape index (κ1) is 26.3. The Hall–Kier alpha value is -4.34. The quantitative estimate of drug-likeness (QED) is 0.278. The molecule has 0 atom stereocenters. The van der Waals surface area contributed by atoms with Gasteiger partial charge in [-0.05, 0) is 62.6 Å². The number of aromatic hydroxyl groups is 1. The van der Waals surface area contributed by atoms with Crippen molar-refractivity contribution in [2.24, 2.45) is 12.0 Å². The van der Waals surface area contributed by atoms with Gasteiger partial charge in [0.2, 0.25) is 5.91 Å². The standard InChI is InChI=1S/C29H28ClN5O4/c1-33(2)14-13-25(36)34(3)20-9-7-19(8-10-20)31-27(17-5-12-23-24(15-17)39-29(38)35(23)4)26-21-11-6-18(30)16-22(21)32-28(26)37/h5-12,15-16,32,37H,13-14H2,1-4H3. The fraction of sp³-hybridized carbons (Fsp3) is 0.207. The van der Waals surface area contributed by atoms with Crippen molar-refractivity contribution in [1.82, 2.24) is 14.5 Å². The highest BCUT2D eigenvalue weighted by atomic mass is 35.5. The van der Waals surface area contributed by atoms with Crippen LogP contribution in [0.3, 0.4) is 0 Å². The summed E-state index contributed by atoms with van der Waals surface area (Å²) in [6.45, 7) is 0.667. The Morgan fingerprint density at radius 3 is 2.54 bits per heavy atom. The minimum Gasteiger partial charge on any atom is -0.494 e. The van der Waals surface area contributed by atoms with Crippen molar-refractivity contribution >= 4 is 56.6 Å². The second-order valence-electron chi connectivity index (χ2n) is 9.63. The van der Waals surface area contributed by atoms with E-state index < -0.39 is 5.76 Å². The number of rotatable bonds is 7. The predicted octanol–water partition coefficient (Wildman–Crippen LogP) is 5.06. The molecule has 0 unspecified atom stereocenters. The van der Waals surface area contributed by atoms with Gasteiger partial charge in [-0.25, -0.2) is 9.79 Å². The van der Waals surface area contributed by atoms with E-state index in [2.05, 4.69) is 4.98 Å².